The molecule has 1 aromatic rings. The van der Waals surface area contributed by atoms with Crippen LogP contribution in [0, 0.1) is 5.92 Å². The lowest BCUT2D eigenvalue weighted by Gasteiger charge is -2.18. The van der Waals surface area contributed by atoms with Crippen molar-refractivity contribution in [1.82, 2.24) is 0 Å². The fourth-order valence-corrected chi connectivity index (χ4v) is 2.42. The molecule has 0 radical (unpaired) electrons. The number of amides is 1. The lowest BCUT2D eigenvalue weighted by atomic mass is 10.1. The van der Waals surface area contributed by atoms with E-state index in [0.29, 0.717) is 10.7 Å². The predicted octanol–water partition coefficient (Wildman–Crippen LogP) is 2.84. The van der Waals surface area contributed by atoms with Gasteiger partial charge in [-0.2, -0.15) is 0 Å². The molecule has 1 amide bonds. The fourth-order valence-electron chi connectivity index (χ4n) is 1.93. The Morgan fingerprint density at radius 2 is 1.95 bits per heavy atom. The Hall–Kier alpha value is -1.10. The van der Waals surface area contributed by atoms with Gasteiger partial charge in [0, 0.05) is 18.5 Å². The number of carbonyl (C=O) groups excluding carboxylic acids is 3. The molecule has 1 atom stereocenters. The van der Waals surface area contributed by atoms with Crippen molar-refractivity contribution in [2.45, 2.75) is 6.42 Å². The van der Waals surface area contributed by atoms with Crippen LogP contribution < -0.4 is 4.90 Å². The summed E-state index contributed by atoms with van der Waals surface area (Å²) >= 11 is 16.8. The molecule has 19 heavy (non-hydrogen) atoms. The van der Waals surface area contributed by atoms with E-state index in [1.54, 1.807) is 0 Å². The first-order valence-corrected chi connectivity index (χ1v) is 6.52. The van der Waals surface area contributed by atoms with Gasteiger partial charge >= 0.3 is 0 Å². The first-order chi connectivity index (χ1) is 8.90. The van der Waals surface area contributed by atoms with Crippen LogP contribution in [-0.4, -0.2) is 22.9 Å². The molecule has 0 aromatic heterocycles. The Morgan fingerprint density at radius 3 is 2.47 bits per heavy atom. The summed E-state index contributed by atoms with van der Waals surface area (Å²) in [7, 11) is 0. The van der Waals surface area contributed by atoms with Gasteiger partial charge < -0.3 is 4.90 Å². The molecule has 0 unspecified atom stereocenters. The Morgan fingerprint density at radius 1 is 1.26 bits per heavy atom. The lowest BCUT2D eigenvalue weighted by molar-refractivity contribution is -0.120. The van der Waals surface area contributed by atoms with Crippen molar-refractivity contribution in [3.8, 4) is 0 Å². The monoisotopic (exact) mass is 319 g/mol. The Kier molecular flexibility index (Phi) is 4.13. The van der Waals surface area contributed by atoms with Crippen LogP contribution in [0.1, 0.15) is 16.8 Å². The first-order valence-electron chi connectivity index (χ1n) is 5.39. The summed E-state index contributed by atoms with van der Waals surface area (Å²) in [5, 5.41) is -0.899. The normalized spacial score (nSPS) is 18.8. The molecule has 4 nitrogen and oxygen atoms in total. The lowest BCUT2D eigenvalue weighted by Crippen LogP contribution is -2.25. The van der Waals surface area contributed by atoms with Gasteiger partial charge in [-0.05, 0) is 41.4 Å². The van der Waals surface area contributed by atoms with Crippen molar-refractivity contribution in [3.63, 3.8) is 0 Å². The minimum atomic E-state index is -0.644. The van der Waals surface area contributed by atoms with Crippen molar-refractivity contribution in [2.24, 2.45) is 5.92 Å². The summed E-state index contributed by atoms with van der Waals surface area (Å²) in [4.78, 5) is 35.4. The molecule has 1 saturated heterocycles. The summed E-state index contributed by atoms with van der Waals surface area (Å²) in [6, 6.07) is 4.37. The average molecular weight is 321 g/mol. The number of benzene rings is 1. The van der Waals surface area contributed by atoms with E-state index >= 15 is 0 Å². The number of halogens is 3. The SMILES string of the molecule is O=C(Cl)c1ccc(Cl)c(N2C[C@H](C(=O)Cl)CC2=O)c1. The van der Waals surface area contributed by atoms with E-state index in [1.165, 1.54) is 23.1 Å². The molecule has 1 aliphatic rings. The molecule has 1 aliphatic heterocycles. The van der Waals surface area contributed by atoms with Crippen LogP contribution in [0.4, 0.5) is 5.69 Å². The van der Waals surface area contributed by atoms with E-state index in [4.69, 9.17) is 34.8 Å². The van der Waals surface area contributed by atoms with Crippen LogP contribution in [0.2, 0.25) is 5.02 Å². The highest BCUT2D eigenvalue weighted by Crippen LogP contribution is 2.33. The van der Waals surface area contributed by atoms with Crippen molar-refractivity contribution in [3.05, 3.63) is 28.8 Å². The predicted molar refractivity (Wildman–Crippen MR) is 73.0 cm³/mol. The molecule has 0 saturated carbocycles. The third kappa shape index (κ3) is 2.91. The summed E-state index contributed by atoms with van der Waals surface area (Å²) < 4.78 is 0. The van der Waals surface area contributed by atoms with Crippen molar-refractivity contribution >= 4 is 56.9 Å². The minimum absolute atomic E-state index is 0.0394. The topological polar surface area (TPSA) is 54.5 Å². The van der Waals surface area contributed by atoms with E-state index in [-0.39, 0.29) is 24.4 Å². The minimum Gasteiger partial charge on any atom is -0.310 e. The van der Waals surface area contributed by atoms with Crippen LogP contribution in [-0.2, 0) is 9.59 Å². The van der Waals surface area contributed by atoms with Gasteiger partial charge in [0.1, 0.15) is 0 Å². The first kappa shape index (κ1) is 14.3. The van der Waals surface area contributed by atoms with Gasteiger partial charge in [0.2, 0.25) is 11.1 Å². The number of hydrogen-bond acceptors (Lipinski definition) is 3. The summed E-state index contributed by atoms with van der Waals surface area (Å²) in [5.74, 6) is -0.819. The number of hydrogen-bond donors (Lipinski definition) is 0. The maximum absolute atomic E-state index is 11.9. The van der Waals surface area contributed by atoms with Crippen LogP contribution in [0.3, 0.4) is 0 Å². The molecule has 7 heteroatoms. The summed E-state index contributed by atoms with van der Waals surface area (Å²) in [6.45, 7) is 0.154. The summed E-state index contributed by atoms with van der Waals surface area (Å²) in [5.41, 5.74) is 0.591. The van der Waals surface area contributed by atoms with Gasteiger partial charge in [0.15, 0.2) is 0 Å². The second-order valence-corrected chi connectivity index (χ2v) is 5.27. The number of rotatable bonds is 3. The highest BCUT2D eigenvalue weighted by molar-refractivity contribution is 6.67. The highest BCUT2D eigenvalue weighted by atomic mass is 35.5. The molecule has 1 heterocycles. The second kappa shape index (κ2) is 5.49. The van der Waals surface area contributed by atoms with Crippen LogP contribution in [0.25, 0.3) is 0 Å². The van der Waals surface area contributed by atoms with E-state index < -0.39 is 16.4 Å². The number of anilines is 1. The van der Waals surface area contributed by atoms with Crippen LogP contribution in [0.5, 0.6) is 0 Å². The molecule has 100 valence electrons. The third-order valence-electron chi connectivity index (χ3n) is 2.91. The molecule has 0 N–H and O–H groups in total. The van der Waals surface area contributed by atoms with E-state index in [9.17, 15) is 14.4 Å². The molecule has 0 spiro atoms. The highest BCUT2D eigenvalue weighted by Gasteiger charge is 2.35. The second-order valence-electron chi connectivity index (χ2n) is 4.15. The summed E-state index contributed by atoms with van der Waals surface area (Å²) in [6.07, 6.45) is 0.0394. The molecular formula is C12H8Cl3NO3. The molecular weight excluding hydrogens is 312 g/mol. The molecule has 1 fully saturated rings. The number of nitrogens with zero attached hydrogens (tertiary/aromatic N) is 1. The van der Waals surface area contributed by atoms with Gasteiger partial charge in [0.05, 0.1) is 16.6 Å². The van der Waals surface area contributed by atoms with Gasteiger partial charge in [0.25, 0.3) is 5.24 Å². The van der Waals surface area contributed by atoms with Crippen molar-refractivity contribution < 1.29 is 14.4 Å². The Balaban J connectivity index is 2.36. The maximum Gasteiger partial charge on any atom is 0.252 e. The molecule has 0 bridgehead atoms. The average Bonchev–Trinajstić information content (AvgIpc) is 2.72. The van der Waals surface area contributed by atoms with Gasteiger partial charge in [-0.3, -0.25) is 14.4 Å². The van der Waals surface area contributed by atoms with E-state index in [0.717, 1.165) is 0 Å². The third-order valence-corrected chi connectivity index (χ3v) is 3.76. The van der Waals surface area contributed by atoms with Crippen molar-refractivity contribution in [2.75, 3.05) is 11.4 Å². The quantitative estimate of drug-likeness (QED) is 0.805. The fraction of sp³-hybridized carbons (Fsp3) is 0.250. The van der Waals surface area contributed by atoms with Crippen molar-refractivity contribution in [1.29, 1.82) is 0 Å². The Labute approximate surface area is 124 Å². The standard InChI is InChI=1S/C12H8Cl3NO3/c13-8-2-1-6(11(14)18)3-9(8)16-5-7(12(15)19)4-10(16)17/h1-3,7H,4-5H2/t7-/m1/s1. The zero-order valence-electron chi connectivity index (χ0n) is 9.53. The molecule has 2 rings (SSSR count). The smallest absolute Gasteiger partial charge is 0.252 e. The largest absolute Gasteiger partial charge is 0.310 e. The number of carbonyl (C=O) groups is 3. The Bertz CT molecular complexity index is 573. The maximum atomic E-state index is 11.9. The molecule has 0 aliphatic carbocycles. The van der Waals surface area contributed by atoms with Crippen LogP contribution >= 0.6 is 34.8 Å². The zero-order chi connectivity index (χ0) is 14.2. The van der Waals surface area contributed by atoms with Crippen LogP contribution in [0.15, 0.2) is 18.2 Å². The molecule has 1 aromatic carbocycles. The van der Waals surface area contributed by atoms with E-state index in [1.807, 2.05) is 0 Å². The van der Waals surface area contributed by atoms with Gasteiger partial charge in [-0.15, -0.1) is 0 Å². The zero-order valence-corrected chi connectivity index (χ0v) is 11.8. The van der Waals surface area contributed by atoms with Gasteiger partial charge in [-0.1, -0.05) is 11.6 Å². The van der Waals surface area contributed by atoms with E-state index in [2.05, 4.69) is 0 Å². The van der Waals surface area contributed by atoms with Gasteiger partial charge in [-0.25, -0.2) is 0 Å².